The van der Waals surface area contributed by atoms with Crippen molar-refractivity contribution < 1.29 is 4.92 Å². The van der Waals surface area contributed by atoms with Gasteiger partial charge in [-0.3, -0.25) is 10.1 Å². The molecule has 0 amide bonds. The molecule has 6 heteroatoms. The van der Waals surface area contributed by atoms with E-state index in [-0.39, 0.29) is 5.69 Å². The van der Waals surface area contributed by atoms with Crippen LogP contribution in [-0.2, 0) is 0 Å². The molecule has 0 bridgehead atoms. The van der Waals surface area contributed by atoms with Crippen molar-refractivity contribution in [2.45, 2.75) is 31.7 Å². The summed E-state index contributed by atoms with van der Waals surface area (Å²) < 4.78 is 1.91. The Morgan fingerprint density at radius 2 is 2.12 bits per heavy atom. The number of rotatable bonds is 2. The lowest BCUT2D eigenvalue weighted by Gasteiger charge is -2.09. The van der Waals surface area contributed by atoms with Crippen LogP contribution < -0.4 is 0 Å². The quantitative estimate of drug-likeness (QED) is 0.588. The summed E-state index contributed by atoms with van der Waals surface area (Å²) >= 11 is 0. The molecule has 2 aromatic rings. The minimum atomic E-state index is -0.409. The van der Waals surface area contributed by atoms with E-state index in [2.05, 4.69) is 10.3 Å². The topological polar surface area (TPSA) is 73.8 Å². The Hall–Kier alpha value is -1.98. The summed E-state index contributed by atoms with van der Waals surface area (Å²) in [4.78, 5) is 10.2. The van der Waals surface area contributed by atoms with Gasteiger partial charge in [-0.1, -0.05) is 18.1 Å². The highest BCUT2D eigenvalue weighted by molar-refractivity contribution is 5.77. The normalized spacial score (nSPS) is 16.7. The monoisotopic (exact) mass is 232 g/mol. The molecule has 1 aromatic heterocycles. The fourth-order valence-corrected chi connectivity index (χ4v) is 2.46. The molecule has 0 spiro atoms. The van der Waals surface area contributed by atoms with Crippen LogP contribution in [0.2, 0.25) is 0 Å². The van der Waals surface area contributed by atoms with Crippen molar-refractivity contribution in [1.82, 2.24) is 15.0 Å². The third kappa shape index (κ3) is 1.65. The maximum absolute atomic E-state index is 10.7. The van der Waals surface area contributed by atoms with Crippen LogP contribution >= 0.6 is 0 Å². The molecule has 1 saturated carbocycles. The van der Waals surface area contributed by atoms with E-state index in [1.165, 1.54) is 25.0 Å². The average molecular weight is 232 g/mol. The number of fused-ring (bicyclic) bond motifs is 1. The number of nitro groups is 1. The zero-order chi connectivity index (χ0) is 11.8. The highest BCUT2D eigenvalue weighted by Gasteiger charge is 2.20. The van der Waals surface area contributed by atoms with Crippen LogP contribution in [0.25, 0.3) is 11.0 Å². The van der Waals surface area contributed by atoms with Gasteiger partial charge in [0.05, 0.1) is 16.5 Å². The molecule has 0 atom stereocenters. The maximum Gasteiger partial charge on any atom is 0.271 e. The SMILES string of the molecule is O=[N+]([O-])c1ccc2c(c1)nnn2C1CCCC1. The first kappa shape index (κ1) is 10.2. The van der Waals surface area contributed by atoms with Crippen LogP contribution in [0.4, 0.5) is 5.69 Å². The molecule has 6 nitrogen and oxygen atoms in total. The van der Waals surface area contributed by atoms with E-state index in [9.17, 15) is 10.1 Å². The van der Waals surface area contributed by atoms with E-state index in [0.717, 1.165) is 18.4 Å². The Balaban J connectivity index is 2.07. The summed E-state index contributed by atoms with van der Waals surface area (Å²) in [6.45, 7) is 0. The number of nitrogens with zero attached hydrogens (tertiary/aromatic N) is 4. The molecule has 0 aliphatic heterocycles. The predicted octanol–water partition coefficient (Wildman–Crippen LogP) is 2.45. The van der Waals surface area contributed by atoms with Gasteiger partial charge in [0.25, 0.3) is 5.69 Å². The van der Waals surface area contributed by atoms with Gasteiger partial charge in [0, 0.05) is 12.1 Å². The molecule has 0 unspecified atom stereocenters. The minimum absolute atomic E-state index is 0.0657. The van der Waals surface area contributed by atoms with Crippen molar-refractivity contribution in [3.05, 3.63) is 28.3 Å². The molecule has 1 heterocycles. The van der Waals surface area contributed by atoms with Gasteiger partial charge in [-0.15, -0.1) is 5.10 Å². The second-order valence-electron chi connectivity index (χ2n) is 4.40. The first-order valence-electron chi connectivity index (χ1n) is 5.75. The van der Waals surface area contributed by atoms with Gasteiger partial charge >= 0.3 is 0 Å². The third-order valence-corrected chi connectivity index (χ3v) is 3.34. The van der Waals surface area contributed by atoms with E-state index in [1.807, 2.05) is 4.68 Å². The number of hydrogen-bond acceptors (Lipinski definition) is 4. The molecule has 88 valence electrons. The number of hydrogen-bond donors (Lipinski definition) is 0. The second kappa shape index (κ2) is 3.80. The van der Waals surface area contributed by atoms with Crippen molar-refractivity contribution in [2.24, 2.45) is 0 Å². The van der Waals surface area contributed by atoms with Gasteiger partial charge in [0.1, 0.15) is 5.52 Å². The van der Waals surface area contributed by atoms with Gasteiger partial charge in [-0.05, 0) is 18.9 Å². The molecule has 3 rings (SSSR count). The third-order valence-electron chi connectivity index (χ3n) is 3.34. The van der Waals surface area contributed by atoms with Crippen LogP contribution in [0.15, 0.2) is 18.2 Å². The number of benzene rings is 1. The summed E-state index contributed by atoms with van der Waals surface area (Å²) in [5.41, 5.74) is 1.56. The van der Waals surface area contributed by atoms with Gasteiger partial charge in [0.2, 0.25) is 0 Å². The predicted molar refractivity (Wildman–Crippen MR) is 61.7 cm³/mol. The summed E-state index contributed by atoms with van der Waals surface area (Å²) in [5.74, 6) is 0. The van der Waals surface area contributed by atoms with E-state index in [0.29, 0.717) is 11.6 Å². The van der Waals surface area contributed by atoms with E-state index in [1.54, 1.807) is 6.07 Å². The average Bonchev–Trinajstić information content (AvgIpc) is 2.96. The Morgan fingerprint density at radius 3 is 2.82 bits per heavy atom. The molecule has 0 radical (unpaired) electrons. The largest absolute Gasteiger partial charge is 0.271 e. The highest BCUT2D eigenvalue weighted by Crippen LogP contribution is 2.31. The molecular weight excluding hydrogens is 220 g/mol. The van der Waals surface area contributed by atoms with Crippen molar-refractivity contribution >= 4 is 16.7 Å². The molecule has 1 fully saturated rings. The molecule has 1 aliphatic carbocycles. The zero-order valence-corrected chi connectivity index (χ0v) is 9.24. The molecule has 0 N–H and O–H groups in total. The van der Waals surface area contributed by atoms with Crippen LogP contribution in [0.3, 0.4) is 0 Å². The Kier molecular flexibility index (Phi) is 2.28. The van der Waals surface area contributed by atoms with E-state index in [4.69, 9.17) is 0 Å². The standard InChI is InChI=1S/C11H12N4O2/c16-15(17)9-5-6-11-10(7-9)12-13-14(11)8-3-1-2-4-8/h5-8H,1-4H2. The number of non-ortho nitro benzene ring substituents is 1. The van der Waals surface area contributed by atoms with Crippen molar-refractivity contribution in [3.8, 4) is 0 Å². The Bertz CT molecular complexity index is 572. The zero-order valence-electron chi connectivity index (χ0n) is 9.24. The lowest BCUT2D eigenvalue weighted by Crippen LogP contribution is -2.06. The Morgan fingerprint density at radius 1 is 1.35 bits per heavy atom. The maximum atomic E-state index is 10.7. The molecule has 1 aromatic carbocycles. The van der Waals surface area contributed by atoms with Gasteiger partial charge in [-0.2, -0.15) is 0 Å². The summed E-state index contributed by atoms with van der Waals surface area (Å²) in [5, 5.41) is 18.8. The molecule has 17 heavy (non-hydrogen) atoms. The smallest absolute Gasteiger partial charge is 0.258 e. The first-order chi connectivity index (χ1) is 8.25. The van der Waals surface area contributed by atoms with E-state index < -0.39 is 4.92 Å². The summed E-state index contributed by atoms with van der Waals surface area (Å²) in [7, 11) is 0. The lowest BCUT2D eigenvalue weighted by molar-refractivity contribution is -0.384. The van der Waals surface area contributed by atoms with Crippen LogP contribution in [0.1, 0.15) is 31.7 Å². The number of nitro benzene ring substituents is 1. The Labute approximate surface area is 97.4 Å². The fraction of sp³-hybridized carbons (Fsp3) is 0.455. The summed E-state index contributed by atoms with van der Waals surface area (Å²) in [6.07, 6.45) is 4.68. The van der Waals surface area contributed by atoms with Crippen LogP contribution in [0, 0.1) is 10.1 Å². The summed E-state index contributed by atoms with van der Waals surface area (Å²) in [6, 6.07) is 5.14. The fourth-order valence-electron chi connectivity index (χ4n) is 2.46. The number of aromatic nitrogens is 3. The van der Waals surface area contributed by atoms with Crippen molar-refractivity contribution in [3.63, 3.8) is 0 Å². The highest BCUT2D eigenvalue weighted by atomic mass is 16.6. The van der Waals surface area contributed by atoms with Gasteiger partial charge < -0.3 is 0 Å². The minimum Gasteiger partial charge on any atom is -0.258 e. The van der Waals surface area contributed by atoms with Gasteiger partial charge in [0.15, 0.2) is 0 Å². The van der Waals surface area contributed by atoms with Crippen molar-refractivity contribution in [2.75, 3.05) is 0 Å². The van der Waals surface area contributed by atoms with E-state index >= 15 is 0 Å². The van der Waals surface area contributed by atoms with Crippen molar-refractivity contribution in [1.29, 1.82) is 0 Å². The van der Waals surface area contributed by atoms with Gasteiger partial charge in [-0.25, -0.2) is 4.68 Å². The first-order valence-corrected chi connectivity index (χ1v) is 5.75. The lowest BCUT2D eigenvalue weighted by atomic mass is 10.2. The molecule has 0 saturated heterocycles. The van der Waals surface area contributed by atoms with Crippen LogP contribution in [-0.4, -0.2) is 19.9 Å². The molecular formula is C11H12N4O2. The molecule has 1 aliphatic rings. The van der Waals surface area contributed by atoms with Crippen LogP contribution in [0.5, 0.6) is 0 Å². The second-order valence-corrected chi connectivity index (χ2v) is 4.40.